The molecule has 0 spiro atoms. The number of primary amides is 2. The minimum absolute atomic E-state index is 0.00359. The van der Waals surface area contributed by atoms with Gasteiger partial charge in [-0.25, -0.2) is 0 Å². The second-order valence-electron chi connectivity index (χ2n) is 32.8. The zero-order chi connectivity index (χ0) is 93.2. The molecule has 5 aromatic rings. The summed E-state index contributed by atoms with van der Waals surface area (Å²) in [5.74, 6) is -16.4. The number of nitrogens with two attached hydrogens (primary N) is 4. The summed E-state index contributed by atoms with van der Waals surface area (Å²) in [4.78, 5) is 243. The SMILES string of the molecule is CCCC[C@H]1C(=O)N(C)[C@@H](CCCC)C(=O)N[C@@H](CN)C(=O)N[C@H](C(=O)NCC(N)=O)CSCC(=O)N[C@@H](Cc2ccc(O)cc2)C(=O)N(C)[C@@H](C)C(=O)N[C@@H](CC(N)=O)C(=O)N2CCC[C@H]2C(=O)N[C@@H](CN)C(=O)N[C@@H](CC(C)C)C(=O)N2C[C@H](O)C[C@H]2C(O)N[C@@H](Cc2c[nH]c3ccccc23)C(=O)N[C@@H](CO)C(=O)N[C@@H](Cc2c[nH]c3ccccc23)C(=O)N1C. The number of fused-ring (bicyclic) bond motifs is 4. The number of aliphatic hydroxyl groups is 3. The highest BCUT2D eigenvalue weighted by molar-refractivity contribution is 8.00. The minimum atomic E-state index is -1.88. The first-order valence-electron chi connectivity index (χ1n) is 42.7. The van der Waals surface area contributed by atoms with Crippen LogP contribution in [0.3, 0.4) is 0 Å². The lowest BCUT2D eigenvalue weighted by Gasteiger charge is -2.36. The van der Waals surface area contributed by atoms with Gasteiger partial charge < -0.3 is 126 Å². The van der Waals surface area contributed by atoms with Gasteiger partial charge in [0.15, 0.2) is 0 Å². The molecule has 5 heterocycles. The number of likely N-dealkylation sites (N-methyl/N-ethyl adjacent to an activating group) is 3. The smallest absolute Gasteiger partial charge is 0.246 e. The Balaban J connectivity index is 1.16. The van der Waals surface area contributed by atoms with Crippen LogP contribution >= 0.6 is 11.8 Å². The van der Waals surface area contributed by atoms with Gasteiger partial charge in [-0.3, -0.25) is 82.0 Å². The van der Waals surface area contributed by atoms with Gasteiger partial charge in [0.05, 0.1) is 43.5 Å². The molecule has 3 aliphatic rings. The largest absolute Gasteiger partial charge is 0.508 e. The molecule has 0 radical (unpaired) electrons. The molecule has 42 heteroatoms. The van der Waals surface area contributed by atoms with Crippen molar-refractivity contribution in [1.82, 2.24) is 87.6 Å². The van der Waals surface area contributed by atoms with E-state index in [1.54, 1.807) is 74.8 Å². The van der Waals surface area contributed by atoms with Gasteiger partial charge in [0.2, 0.25) is 94.5 Å². The molecule has 3 fully saturated rings. The fraction of sp³-hybridized carbons (Fsp3) is 0.553. The minimum Gasteiger partial charge on any atom is -0.508 e. The third-order valence-corrected chi connectivity index (χ3v) is 24.0. The first-order valence-corrected chi connectivity index (χ1v) is 43.8. The molecule has 2 aromatic heterocycles. The number of aromatic hydroxyl groups is 1. The van der Waals surface area contributed by atoms with Crippen molar-refractivity contribution in [2.24, 2.45) is 28.9 Å². The number of carbonyl (C=O) groups excluding carboxylic acids is 16. The van der Waals surface area contributed by atoms with E-state index in [1.165, 1.54) is 52.3 Å². The Morgan fingerprint density at radius 1 is 0.559 bits per heavy atom. The van der Waals surface area contributed by atoms with E-state index >= 15 is 24.0 Å². The fourth-order valence-corrected chi connectivity index (χ4v) is 16.6. The van der Waals surface area contributed by atoms with Crippen molar-refractivity contribution in [2.75, 3.05) is 72.0 Å². The molecule has 8 rings (SSSR count). The molecule has 16 atom stereocenters. The lowest BCUT2D eigenvalue weighted by atomic mass is 10.00. The predicted molar refractivity (Wildman–Crippen MR) is 467 cm³/mol. The Morgan fingerprint density at radius 2 is 1.07 bits per heavy atom. The van der Waals surface area contributed by atoms with Crippen LogP contribution < -0.4 is 76.1 Å². The van der Waals surface area contributed by atoms with E-state index in [9.17, 15) is 73.2 Å². The van der Waals surface area contributed by atoms with Gasteiger partial charge in [-0.05, 0) is 98.7 Å². The third kappa shape index (κ3) is 27.4. The van der Waals surface area contributed by atoms with Crippen molar-refractivity contribution in [2.45, 2.75) is 221 Å². The number of nitrogens with zero attached hydrogens (tertiary/aromatic N) is 5. The summed E-state index contributed by atoms with van der Waals surface area (Å²) in [6, 6.07) is -1.66. The second kappa shape index (κ2) is 47.7. The van der Waals surface area contributed by atoms with Crippen LogP contribution in [0.15, 0.2) is 85.2 Å². The van der Waals surface area contributed by atoms with Crippen LogP contribution in [0.2, 0.25) is 0 Å². The summed E-state index contributed by atoms with van der Waals surface area (Å²) in [5.41, 5.74) is 26.2. The number of H-pyrrole nitrogens is 2. The third-order valence-electron chi connectivity index (χ3n) is 23.0. The van der Waals surface area contributed by atoms with Crippen molar-refractivity contribution in [1.29, 1.82) is 0 Å². The van der Waals surface area contributed by atoms with Crippen molar-refractivity contribution in [3.63, 3.8) is 0 Å². The van der Waals surface area contributed by atoms with Gasteiger partial charge in [-0.2, -0.15) is 0 Å². The molecule has 0 aliphatic carbocycles. The molecule has 127 heavy (non-hydrogen) atoms. The molecule has 41 nitrogen and oxygen atoms in total. The number of carbonyl (C=O) groups is 16. The van der Waals surface area contributed by atoms with Crippen molar-refractivity contribution < 1.29 is 97.1 Å². The van der Waals surface area contributed by atoms with E-state index < -0.39 is 242 Å². The summed E-state index contributed by atoms with van der Waals surface area (Å²) in [7, 11) is 3.90. The van der Waals surface area contributed by atoms with Crippen LogP contribution in [0.4, 0.5) is 0 Å². The molecular formula is C85H123N21O20S. The van der Waals surface area contributed by atoms with Gasteiger partial charge >= 0.3 is 0 Å². The number of phenolic OH excluding ortho intramolecular Hbond substituents is 1. The van der Waals surface area contributed by atoms with Gasteiger partial charge in [0.25, 0.3) is 0 Å². The fourth-order valence-electron chi connectivity index (χ4n) is 15.8. The molecule has 0 bridgehead atoms. The maximum absolute atomic E-state index is 15.6. The Hall–Kier alpha value is -11.8. The number of rotatable bonds is 22. The van der Waals surface area contributed by atoms with Gasteiger partial charge in [-0.15, -0.1) is 11.8 Å². The summed E-state index contributed by atoms with van der Waals surface area (Å²) in [6.07, 6.45) is 0.0712. The second-order valence-corrected chi connectivity index (χ2v) is 33.9. The summed E-state index contributed by atoms with van der Waals surface area (Å²) in [5, 5.41) is 72.6. The zero-order valence-electron chi connectivity index (χ0n) is 72.7. The molecule has 694 valence electrons. The Kier molecular flexibility index (Phi) is 37.7. The van der Waals surface area contributed by atoms with Crippen LogP contribution in [0.25, 0.3) is 21.8 Å². The number of hydrogen-bond acceptors (Lipinski definition) is 24. The summed E-state index contributed by atoms with van der Waals surface area (Å²) >= 11 is 0.760. The monoisotopic (exact) mass is 1790 g/mol. The van der Waals surface area contributed by atoms with E-state index in [4.69, 9.17) is 22.9 Å². The first kappa shape index (κ1) is 101. The number of aromatic amines is 2. The van der Waals surface area contributed by atoms with Gasteiger partial charge in [-0.1, -0.05) is 102 Å². The standard InChI is InChI=1S/C85H123N21O20S/c1-9-11-22-65-78(119)98-62(37-87)76(117)101-64(73(114)92-40-70(89)111)43-127-44-71(112)93-58(31-47-25-27-50(108)28-26-47)81(122)102(6)46(5)72(113)95-60(35-69(88)110)83(124)105-29-17-24-66(105)79(120)99-61(36-86)75(116)96-57(30-45(3)4)84(125)106-41-51(109)34-68(106)80(121)94-56(32-48-38-90-54-20-15-13-18-52(48)54)74(115)100-63(42-107)77(118)97-59(33-49-39-91-55-21-16-14-19-53(49)55)82(123)104(8)67(23-12-10-2)85(126)103(65)7/h13-16,18-21,25-28,38-39,45-46,51,56-68,80,90-91,94,107-109,121H,9-12,17,22-24,29-37,40-44,86-87H2,1-8H3,(H2,88,110)(H2,89,111)(H,92,114)(H,93,112)(H,95,113)(H,96,116)(H,97,118)(H,98,119)(H,99,120)(H,100,115)(H,101,117)/t46-,51+,56-,57-,58-,59-,60-,61-,62-,63-,64-,65-,66-,67-,68-,80?/m0/s1. The number of amides is 16. The van der Waals surface area contributed by atoms with Gasteiger partial charge in [0, 0.05) is 100 Å². The number of hydrogen-bond donors (Lipinski definition) is 20. The number of unbranched alkanes of at least 4 members (excludes halogenated alkanes) is 2. The van der Waals surface area contributed by atoms with Crippen LogP contribution in [0.1, 0.15) is 122 Å². The normalized spacial score (nSPS) is 26.3. The van der Waals surface area contributed by atoms with Crippen LogP contribution in [0.5, 0.6) is 5.75 Å². The number of para-hydroxylation sites is 2. The van der Waals surface area contributed by atoms with Crippen LogP contribution in [-0.2, 0) is 96.0 Å². The predicted octanol–water partition coefficient (Wildman–Crippen LogP) is -4.45. The first-order chi connectivity index (χ1) is 60.4. The number of phenols is 1. The number of nitrogens with one attached hydrogen (secondary N) is 12. The van der Waals surface area contributed by atoms with E-state index in [0.717, 1.165) is 36.3 Å². The quantitative estimate of drug-likeness (QED) is 0.0311. The summed E-state index contributed by atoms with van der Waals surface area (Å²) < 4.78 is 0. The molecule has 1 unspecified atom stereocenters. The maximum Gasteiger partial charge on any atom is 0.246 e. The lowest BCUT2D eigenvalue weighted by Crippen LogP contribution is -2.62. The van der Waals surface area contributed by atoms with E-state index in [1.807, 2.05) is 13.8 Å². The molecular weight excluding hydrogens is 1670 g/mol. The molecule has 0 saturated carbocycles. The highest BCUT2D eigenvalue weighted by atomic mass is 32.2. The highest BCUT2D eigenvalue weighted by Crippen LogP contribution is 2.28. The number of benzene rings is 3. The number of aliphatic hydroxyl groups excluding tert-OH is 3. The molecule has 3 aromatic carbocycles. The number of aromatic nitrogens is 2. The molecule has 24 N–H and O–H groups in total. The average Bonchev–Trinajstić information content (AvgIpc) is 1.72. The van der Waals surface area contributed by atoms with Gasteiger partial charge in [0.1, 0.15) is 84.5 Å². The molecule has 3 saturated heterocycles. The van der Waals surface area contributed by atoms with E-state index in [2.05, 4.69) is 63.1 Å². The Morgan fingerprint density at radius 3 is 1.65 bits per heavy atom. The van der Waals surface area contributed by atoms with Crippen molar-refractivity contribution in [3.8, 4) is 5.75 Å². The van der Waals surface area contributed by atoms with E-state index in [-0.39, 0.29) is 76.0 Å². The topological polar surface area (TPSA) is 626 Å². The van der Waals surface area contributed by atoms with Crippen LogP contribution in [-0.4, -0.2) is 318 Å². The Labute approximate surface area is 739 Å². The van der Waals surface area contributed by atoms with E-state index in [0.29, 0.717) is 64.2 Å². The molecule has 3 aliphatic heterocycles. The van der Waals surface area contributed by atoms with Crippen molar-refractivity contribution >= 4 is 128 Å². The average molecular weight is 1790 g/mol. The Bertz CT molecular complexity index is 4720. The maximum atomic E-state index is 15.6. The van der Waals surface area contributed by atoms with Crippen molar-refractivity contribution in [3.05, 3.63) is 102 Å². The summed E-state index contributed by atoms with van der Waals surface area (Å²) in [6.45, 7) is 4.99. The highest BCUT2D eigenvalue weighted by Gasteiger charge is 2.46. The number of thioether (sulfide) groups is 1. The zero-order valence-corrected chi connectivity index (χ0v) is 73.5. The lowest BCUT2D eigenvalue weighted by molar-refractivity contribution is -0.149. The molecule has 16 amide bonds. The van der Waals surface area contributed by atoms with Crippen LogP contribution in [0, 0.1) is 5.92 Å².